The van der Waals surface area contributed by atoms with E-state index in [1.807, 2.05) is 4.90 Å². The molecule has 1 amide bonds. The number of aryl methyl sites for hydroxylation is 1. The molecule has 7 heteroatoms. The quantitative estimate of drug-likeness (QED) is 0.642. The number of nitro groups is 1. The third-order valence-electron chi connectivity index (χ3n) is 3.94. The minimum atomic E-state index is -0.377. The van der Waals surface area contributed by atoms with Gasteiger partial charge in [0.25, 0.3) is 11.6 Å². The number of nitrogens with zero attached hydrogens (tertiary/aromatic N) is 3. The number of furan rings is 1. The van der Waals surface area contributed by atoms with Crippen LogP contribution in [-0.2, 0) is 0 Å². The monoisotopic (exact) mass is 315 g/mol. The maximum atomic E-state index is 12.3. The van der Waals surface area contributed by atoms with Crippen molar-refractivity contribution in [3.05, 3.63) is 58.0 Å². The molecule has 0 N–H and O–H groups in total. The largest absolute Gasteiger partial charge is 0.456 e. The van der Waals surface area contributed by atoms with Gasteiger partial charge in [-0.1, -0.05) is 12.1 Å². The topological polar surface area (TPSA) is 79.8 Å². The van der Waals surface area contributed by atoms with Crippen molar-refractivity contribution in [2.45, 2.75) is 6.92 Å². The molecule has 7 nitrogen and oxygen atoms in total. The first-order chi connectivity index (χ1) is 11.1. The SMILES string of the molecule is Cc1ccc(C(=O)N2CCN(c3ccccc3[N+](=O)[O-])CC2)o1. The first-order valence-electron chi connectivity index (χ1n) is 7.40. The molecule has 1 fully saturated rings. The van der Waals surface area contributed by atoms with Crippen LogP contribution in [0, 0.1) is 17.0 Å². The Morgan fingerprint density at radius 3 is 2.43 bits per heavy atom. The number of amides is 1. The van der Waals surface area contributed by atoms with E-state index in [4.69, 9.17) is 4.42 Å². The summed E-state index contributed by atoms with van der Waals surface area (Å²) < 4.78 is 5.37. The van der Waals surface area contributed by atoms with Crippen molar-refractivity contribution < 1.29 is 14.1 Å². The van der Waals surface area contributed by atoms with Crippen molar-refractivity contribution in [3.63, 3.8) is 0 Å². The molecule has 0 spiro atoms. The molecule has 1 aromatic heterocycles. The van der Waals surface area contributed by atoms with E-state index in [1.54, 1.807) is 42.2 Å². The molecule has 2 heterocycles. The Balaban J connectivity index is 1.69. The van der Waals surface area contributed by atoms with Crippen molar-refractivity contribution in [1.82, 2.24) is 4.90 Å². The summed E-state index contributed by atoms with van der Waals surface area (Å²) in [7, 11) is 0. The minimum Gasteiger partial charge on any atom is -0.456 e. The molecule has 1 aliphatic rings. The van der Waals surface area contributed by atoms with E-state index >= 15 is 0 Å². The van der Waals surface area contributed by atoms with Gasteiger partial charge in [-0.3, -0.25) is 14.9 Å². The van der Waals surface area contributed by atoms with Gasteiger partial charge in [-0.05, 0) is 25.1 Å². The second kappa shape index (κ2) is 6.12. The molecule has 120 valence electrons. The van der Waals surface area contributed by atoms with Gasteiger partial charge in [-0.25, -0.2) is 0 Å². The summed E-state index contributed by atoms with van der Waals surface area (Å²) in [6.07, 6.45) is 0. The molecule has 0 unspecified atom stereocenters. The smallest absolute Gasteiger partial charge is 0.292 e. The molecule has 0 radical (unpaired) electrons. The molecular weight excluding hydrogens is 298 g/mol. The van der Waals surface area contributed by atoms with Crippen LogP contribution in [0.3, 0.4) is 0 Å². The minimum absolute atomic E-state index is 0.0916. The number of nitro benzene ring substituents is 1. The van der Waals surface area contributed by atoms with E-state index in [-0.39, 0.29) is 16.5 Å². The Morgan fingerprint density at radius 2 is 1.83 bits per heavy atom. The average molecular weight is 315 g/mol. The molecule has 0 bridgehead atoms. The lowest BCUT2D eigenvalue weighted by atomic mass is 10.2. The molecule has 0 saturated carbocycles. The standard InChI is InChI=1S/C16H17N3O4/c1-12-6-7-15(23-12)16(20)18-10-8-17(9-11-18)13-4-2-3-5-14(13)19(21)22/h2-7H,8-11H2,1H3. The van der Waals surface area contributed by atoms with Gasteiger partial charge < -0.3 is 14.2 Å². The lowest BCUT2D eigenvalue weighted by Gasteiger charge is -2.35. The number of carbonyl (C=O) groups excluding carboxylic acids is 1. The molecule has 2 aromatic rings. The second-order valence-electron chi connectivity index (χ2n) is 5.44. The highest BCUT2D eigenvalue weighted by Gasteiger charge is 2.27. The van der Waals surface area contributed by atoms with E-state index in [0.29, 0.717) is 43.4 Å². The molecule has 1 saturated heterocycles. The Bertz CT molecular complexity index is 732. The van der Waals surface area contributed by atoms with E-state index in [9.17, 15) is 14.9 Å². The van der Waals surface area contributed by atoms with Crippen molar-refractivity contribution >= 4 is 17.3 Å². The fourth-order valence-corrected chi connectivity index (χ4v) is 2.74. The predicted molar refractivity (Wildman–Crippen MR) is 84.7 cm³/mol. The Morgan fingerprint density at radius 1 is 1.13 bits per heavy atom. The third kappa shape index (κ3) is 3.03. The molecule has 1 aliphatic heterocycles. The Labute approximate surface area is 133 Å². The van der Waals surface area contributed by atoms with Gasteiger partial charge in [0.1, 0.15) is 11.4 Å². The molecule has 0 atom stereocenters. The van der Waals surface area contributed by atoms with Crippen molar-refractivity contribution in [2.24, 2.45) is 0 Å². The number of anilines is 1. The van der Waals surface area contributed by atoms with Gasteiger partial charge in [0.05, 0.1) is 4.92 Å². The summed E-state index contributed by atoms with van der Waals surface area (Å²) in [5.41, 5.74) is 0.687. The Hall–Kier alpha value is -2.83. The lowest BCUT2D eigenvalue weighted by Crippen LogP contribution is -2.48. The van der Waals surface area contributed by atoms with Gasteiger partial charge in [-0.2, -0.15) is 0 Å². The van der Waals surface area contributed by atoms with Gasteiger partial charge in [-0.15, -0.1) is 0 Å². The van der Waals surface area contributed by atoms with E-state index in [0.717, 1.165) is 0 Å². The summed E-state index contributed by atoms with van der Waals surface area (Å²) in [4.78, 5) is 26.7. The van der Waals surface area contributed by atoms with Crippen LogP contribution in [-0.4, -0.2) is 41.9 Å². The molecule has 23 heavy (non-hydrogen) atoms. The van der Waals surface area contributed by atoms with Crippen LogP contribution in [0.15, 0.2) is 40.8 Å². The van der Waals surface area contributed by atoms with E-state index in [1.165, 1.54) is 6.07 Å². The zero-order valence-electron chi connectivity index (χ0n) is 12.8. The van der Waals surface area contributed by atoms with Gasteiger partial charge in [0.15, 0.2) is 5.76 Å². The van der Waals surface area contributed by atoms with Crippen LogP contribution >= 0.6 is 0 Å². The zero-order chi connectivity index (χ0) is 16.4. The molecule has 3 rings (SSSR count). The fraction of sp³-hybridized carbons (Fsp3) is 0.312. The number of hydrogen-bond acceptors (Lipinski definition) is 5. The summed E-state index contributed by atoms with van der Waals surface area (Å²) in [6.45, 7) is 3.91. The van der Waals surface area contributed by atoms with Crippen molar-refractivity contribution in [1.29, 1.82) is 0 Å². The zero-order valence-corrected chi connectivity index (χ0v) is 12.8. The van der Waals surface area contributed by atoms with Crippen LogP contribution in [0.4, 0.5) is 11.4 Å². The number of hydrogen-bond donors (Lipinski definition) is 0. The van der Waals surface area contributed by atoms with Crippen molar-refractivity contribution in [2.75, 3.05) is 31.1 Å². The first-order valence-corrected chi connectivity index (χ1v) is 7.40. The van der Waals surface area contributed by atoms with Crippen LogP contribution in [0.5, 0.6) is 0 Å². The normalized spacial score (nSPS) is 14.8. The Kier molecular flexibility index (Phi) is 4.01. The van der Waals surface area contributed by atoms with Crippen LogP contribution in [0.25, 0.3) is 0 Å². The highest BCUT2D eigenvalue weighted by molar-refractivity contribution is 5.91. The van der Waals surface area contributed by atoms with Crippen LogP contribution in [0.2, 0.25) is 0 Å². The number of benzene rings is 1. The van der Waals surface area contributed by atoms with Gasteiger partial charge in [0, 0.05) is 32.2 Å². The summed E-state index contributed by atoms with van der Waals surface area (Å²) in [5.74, 6) is 0.897. The summed E-state index contributed by atoms with van der Waals surface area (Å²) in [6, 6.07) is 10.1. The summed E-state index contributed by atoms with van der Waals surface area (Å²) in [5, 5.41) is 11.1. The number of para-hydroxylation sites is 2. The van der Waals surface area contributed by atoms with Crippen molar-refractivity contribution in [3.8, 4) is 0 Å². The highest BCUT2D eigenvalue weighted by Crippen LogP contribution is 2.28. The lowest BCUT2D eigenvalue weighted by molar-refractivity contribution is -0.384. The first kappa shape index (κ1) is 15.1. The summed E-state index contributed by atoms with van der Waals surface area (Å²) >= 11 is 0. The second-order valence-corrected chi connectivity index (χ2v) is 5.44. The van der Waals surface area contributed by atoms with Gasteiger partial charge in [0.2, 0.25) is 0 Å². The van der Waals surface area contributed by atoms with Crippen LogP contribution < -0.4 is 4.90 Å². The van der Waals surface area contributed by atoms with Crippen LogP contribution in [0.1, 0.15) is 16.3 Å². The molecule has 1 aromatic carbocycles. The number of carbonyl (C=O) groups is 1. The molecule has 0 aliphatic carbocycles. The highest BCUT2D eigenvalue weighted by atomic mass is 16.6. The molecular formula is C16H17N3O4. The van der Waals surface area contributed by atoms with Gasteiger partial charge >= 0.3 is 0 Å². The number of piperazine rings is 1. The predicted octanol–water partition coefficient (Wildman–Crippen LogP) is 2.46. The third-order valence-corrected chi connectivity index (χ3v) is 3.94. The number of rotatable bonds is 3. The maximum absolute atomic E-state index is 12.3. The maximum Gasteiger partial charge on any atom is 0.292 e. The fourth-order valence-electron chi connectivity index (χ4n) is 2.74. The van der Waals surface area contributed by atoms with E-state index < -0.39 is 0 Å². The average Bonchev–Trinajstić information content (AvgIpc) is 3.01. The van der Waals surface area contributed by atoms with E-state index in [2.05, 4.69) is 0 Å².